The molecule has 3 heterocycles. The van der Waals surface area contributed by atoms with Gasteiger partial charge in [0.2, 0.25) is 5.43 Å². The number of hydrogen-bond acceptors (Lipinski definition) is 7. The van der Waals surface area contributed by atoms with Gasteiger partial charge in [0.25, 0.3) is 0 Å². The molecule has 0 aliphatic carbocycles. The van der Waals surface area contributed by atoms with E-state index in [0.717, 1.165) is 39.1 Å². The molecule has 0 bridgehead atoms. The number of benzene rings is 2. The second-order valence-corrected chi connectivity index (χ2v) is 7.77. The quantitative estimate of drug-likeness (QED) is 0.483. The van der Waals surface area contributed by atoms with E-state index < -0.39 is 11.2 Å². The first-order valence-corrected chi connectivity index (χ1v) is 10.4. The lowest BCUT2D eigenvalue weighted by Gasteiger charge is -2.20. The summed E-state index contributed by atoms with van der Waals surface area (Å²) >= 11 is 1.45. The highest BCUT2D eigenvalue weighted by atomic mass is 32.2. The van der Waals surface area contributed by atoms with Crippen LogP contribution in [0.5, 0.6) is 17.2 Å². The van der Waals surface area contributed by atoms with Gasteiger partial charge in [-0.3, -0.25) is 4.79 Å². The number of pyridine rings is 1. The molecule has 1 aliphatic rings. The summed E-state index contributed by atoms with van der Waals surface area (Å²) < 4.78 is 16.8. The highest BCUT2D eigenvalue weighted by Crippen LogP contribution is 2.39. The Balaban J connectivity index is 1.58. The topological polar surface area (TPSA) is 81.8 Å². The highest BCUT2D eigenvalue weighted by Gasteiger charge is 2.17. The van der Waals surface area contributed by atoms with Gasteiger partial charge in [-0.15, -0.1) is 0 Å². The van der Waals surface area contributed by atoms with Crippen molar-refractivity contribution in [3.8, 4) is 28.4 Å². The van der Waals surface area contributed by atoms with Crippen molar-refractivity contribution in [2.24, 2.45) is 0 Å². The molecule has 1 aliphatic heterocycles. The number of aromatic nitrogens is 1. The van der Waals surface area contributed by atoms with Crippen LogP contribution in [0.4, 0.5) is 0 Å². The molecular weight excluding hydrogens is 402 g/mol. The third-order valence-electron chi connectivity index (χ3n) is 4.76. The van der Waals surface area contributed by atoms with E-state index >= 15 is 0 Å². The second kappa shape index (κ2) is 7.76. The first-order valence-electron chi connectivity index (χ1n) is 9.41. The number of ether oxygens (including phenoxy) is 2. The largest absolute Gasteiger partial charge is 0.502 e. The predicted molar refractivity (Wildman–Crippen MR) is 114 cm³/mol. The van der Waals surface area contributed by atoms with Gasteiger partial charge >= 0.3 is 0 Å². The highest BCUT2D eigenvalue weighted by molar-refractivity contribution is 7.98. The van der Waals surface area contributed by atoms with Gasteiger partial charge in [-0.2, -0.15) is 0 Å². The number of nitrogens with zero attached hydrogens (tertiary/aromatic N) is 1. The van der Waals surface area contributed by atoms with E-state index in [1.54, 1.807) is 0 Å². The number of rotatable bonds is 4. The molecule has 2 aromatic carbocycles. The third kappa shape index (κ3) is 3.59. The fraction of sp³-hybridized carbons (Fsp3) is 0.130. The first kappa shape index (κ1) is 18.6. The third-order valence-corrected chi connectivity index (χ3v) is 5.70. The van der Waals surface area contributed by atoms with Crippen LogP contribution in [-0.4, -0.2) is 23.3 Å². The maximum atomic E-state index is 11.6. The van der Waals surface area contributed by atoms with Crippen molar-refractivity contribution in [1.82, 2.24) is 4.98 Å². The standard InChI is InChI=1S/C23H17NO5S/c25-19-8-15(29-12-20(19)26)13-30-23-10-16(14-4-2-1-3-5-14)17-9-21-22(11-18(17)24-23)28-7-6-27-21/h1-5,8-12,26H,6-7,13H2. The fourth-order valence-corrected chi connectivity index (χ4v) is 4.14. The van der Waals surface area contributed by atoms with Gasteiger partial charge in [0.1, 0.15) is 25.2 Å². The number of aromatic hydroxyl groups is 1. The number of fused-ring (bicyclic) bond motifs is 2. The Morgan fingerprint density at radius 2 is 1.77 bits per heavy atom. The first-order chi connectivity index (χ1) is 14.7. The van der Waals surface area contributed by atoms with E-state index in [4.69, 9.17) is 18.9 Å². The molecule has 7 heteroatoms. The molecule has 150 valence electrons. The Morgan fingerprint density at radius 1 is 1.00 bits per heavy atom. The lowest BCUT2D eigenvalue weighted by molar-refractivity contribution is 0.172. The van der Waals surface area contributed by atoms with E-state index in [2.05, 4.69) is 12.1 Å². The van der Waals surface area contributed by atoms with Crippen LogP contribution in [0.1, 0.15) is 5.76 Å². The van der Waals surface area contributed by atoms with Gasteiger partial charge in [0.15, 0.2) is 17.2 Å². The number of thioether (sulfide) groups is 1. The van der Waals surface area contributed by atoms with Crippen molar-refractivity contribution in [3.05, 3.63) is 76.8 Å². The van der Waals surface area contributed by atoms with Crippen LogP contribution in [0.3, 0.4) is 0 Å². The van der Waals surface area contributed by atoms with E-state index in [-0.39, 0.29) is 0 Å². The van der Waals surface area contributed by atoms with Crippen LogP contribution in [0.2, 0.25) is 0 Å². The zero-order valence-corrected chi connectivity index (χ0v) is 16.6. The minimum absolute atomic E-state index is 0.397. The molecule has 0 saturated carbocycles. The monoisotopic (exact) mass is 419 g/mol. The molecule has 0 saturated heterocycles. The summed E-state index contributed by atoms with van der Waals surface area (Å²) in [7, 11) is 0. The summed E-state index contributed by atoms with van der Waals surface area (Å²) in [4.78, 5) is 16.4. The molecule has 2 aromatic heterocycles. The minimum Gasteiger partial charge on any atom is -0.502 e. The maximum absolute atomic E-state index is 11.6. The molecule has 6 nitrogen and oxygen atoms in total. The summed E-state index contributed by atoms with van der Waals surface area (Å²) in [6.45, 7) is 1.04. The van der Waals surface area contributed by atoms with Gasteiger partial charge in [-0.25, -0.2) is 4.98 Å². The van der Waals surface area contributed by atoms with Gasteiger partial charge in [-0.05, 0) is 23.3 Å². The summed E-state index contributed by atoms with van der Waals surface area (Å²) in [6.07, 6.45) is 1.06. The molecule has 0 unspecified atom stereocenters. The van der Waals surface area contributed by atoms with Gasteiger partial charge in [-0.1, -0.05) is 42.1 Å². The molecule has 0 radical (unpaired) electrons. The van der Waals surface area contributed by atoms with Crippen LogP contribution in [0.15, 0.2) is 75.1 Å². The maximum Gasteiger partial charge on any atom is 0.226 e. The molecule has 0 spiro atoms. The van der Waals surface area contributed by atoms with Crippen molar-refractivity contribution >= 4 is 22.7 Å². The summed E-state index contributed by atoms with van der Waals surface area (Å²) in [5.41, 5.74) is 2.44. The number of hydrogen-bond donors (Lipinski definition) is 1. The van der Waals surface area contributed by atoms with Crippen LogP contribution < -0.4 is 14.9 Å². The normalized spacial score (nSPS) is 12.8. The van der Waals surface area contributed by atoms with E-state index in [1.807, 2.05) is 36.4 Å². The van der Waals surface area contributed by atoms with Crippen LogP contribution >= 0.6 is 11.8 Å². The zero-order chi connectivity index (χ0) is 20.5. The second-order valence-electron chi connectivity index (χ2n) is 6.77. The predicted octanol–water partition coefficient (Wildman–Crippen LogP) is 4.62. The molecule has 0 atom stereocenters. The molecular formula is C23H17NO5S. The fourth-order valence-electron chi connectivity index (χ4n) is 3.33. The van der Waals surface area contributed by atoms with Crippen molar-refractivity contribution in [1.29, 1.82) is 0 Å². The zero-order valence-electron chi connectivity index (χ0n) is 15.8. The summed E-state index contributed by atoms with van der Waals surface area (Å²) in [5.74, 6) is 1.89. The van der Waals surface area contributed by atoms with Crippen molar-refractivity contribution in [2.45, 2.75) is 10.8 Å². The van der Waals surface area contributed by atoms with Crippen molar-refractivity contribution in [3.63, 3.8) is 0 Å². The lowest BCUT2D eigenvalue weighted by atomic mass is 10.0. The summed E-state index contributed by atoms with van der Waals surface area (Å²) in [5, 5.41) is 11.1. The Kier molecular flexibility index (Phi) is 4.80. The molecule has 4 aromatic rings. The minimum atomic E-state index is -0.461. The Hall–Kier alpha value is -3.45. The van der Waals surface area contributed by atoms with Crippen LogP contribution in [0.25, 0.3) is 22.0 Å². The van der Waals surface area contributed by atoms with E-state index in [9.17, 15) is 9.90 Å². The van der Waals surface area contributed by atoms with Crippen molar-refractivity contribution in [2.75, 3.05) is 13.2 Å². The van der Waals surface area contributed by atoms with E-state index in [0.29, 0.717) is 30.5 Å². The Labute approximate surface area is 176 Å². The van der Waals surface area contributed by atoms with Gasteiger partial charge in [0.05, 0.1) is 16.3 Å². The Morgan fingerprint density at radius 3 is 2.53 bits per heavy atom. The van der Waals surface area contributed by atoms with Gasteiger partial charge < -0.3 is 19.0 Å². The Bertz CT molecular complexity index is 1290. The average molecular weight is 419 g/mol. The lowest BCUT2D eigenvalue weighted by Crippen LogP contribution is -2.15. The van der Waals surface area contributed by atoms with Crippen LogP contribution in [-0.2, 0) is 5.75 Å². The summed E-state index contributed by atoms with van der Waals surface area (Å²) in [6, 6.07) is 17.3. The van der Waals surface area contributed by atoms with Crippen molar-refractivity contribution < 1.29 is 19.0 Å². The average Bonchev–Trinajstić information content (AvgIpc) is 2.78. The van der Waals surface area contributed by atoms with Gasteiger partial charge in [0, 0.05) is 17.5 Å². The van der Waals surface area contributed by atoms with E-state index in [1.165, 1.54) is 17.8 Å². The smallest absolute Gasteiger partial charge is 0.226 e. The SMILES string of the molecule is O=c1cc(CSc2cc(-c3ccccc3)c3cc4c(cc3n2)OCCO4)occ1O. The molecule has 1 N–H and O–H groups in total. The molecule has 0 amide bonds. The molecule has 0 fully saturated rings. The molecule has 5 rings (SSSR count). The van der Waals surface area contributed by atoms with Crippen LogP contribution in [0, 0.1) is 0 Å². The molecule has 30 heavy (non-hydrogen) atoms.